The fraction of sp³-hybridized carbons (Fsp3) is 0.364. The molecule has 1 aliphatic rings. The van der Waals surface area contributed by atoms with E-state index in [-0.39, 0.29) is 23.4 Å². The number of nitrogens with zero attached hydrogens (tertiary/aromatic N) is 3. The van der Waals surface area contributed by atoms with Crippen LogP contribution in [-0.4, -0.2) is 58.7 Å². The zero-order valence-corrected chi connectivity index (χ0v) is 17.1. The van der Waals surface area contributed by atoms with Gasteiger partial charge in [0.25, 0.3) is 11.8 Å². The fourth-order valence-corrected chi connectivity index (χ4v) is 3.47. The van der Waals surface area contributed by atoms with Gasteiger partial charge in [-0.15, -0.1) is 0 Å². The maximum absolute atomic E-state index is 12.8. The van der Waals surface area contributed by atoms with Crippen molar-refractivity contribution in [2.24, 2.45) is 0 Å². The number of hydrogen-bond donors (Lipinski definition) is 1. The lowest BCUT2D eigenvalue weighted by Gasteiger charge is -2.34. The lowest BCUT2D eigenvalue weighted by atomic mass is 10.1. The van der Waals surface area contributed by atoms with Gasteiger partial charge in [0.05, 0.1) is 0 Å². The molecule has 0 saturated carbocycles. The first kappa shape index (κ1) is 20.5. The number of nitrogens with one attached hydrogen (secondary N) is 1. The Morgan fingerprint density at radius 2 is 1.76 bits per heavy atom. The van der Waals surface area contributed by atoms with E-state index in [1.165, 1.54) is 19.2 Å². The summed E-state index contributed by atoms with van der Waals surface area (Å²) < 4.78 is 0. The molecule has 0 radical (unpaired) electrons. The van der Waals surface area contributed by atoms with Crippen LogP contribution in [0.3, 0.4) is 0 Å². The molecule has 7 heteroatoms. The second-order valence-corrected chi connectivity index (χ2v) is 7.14. The molecule has 0 aliphatic carbocycles. The first-order chi connectivity index (χ1) is 13.9. The molecule has 1 aromatic carbocycles. The average molecular weight is 394 g/mol. The van der Waals surface area contributed by atoms with Crippen LogP contribution in [0.2, 0.25) is 0 Å². The predicted molar refractivity (Wildman–Crippen MR) is 111 cm³/mol. The summed E-state index contributed by atoms with van der Waals surface area (Å²) in [6, 6.07) is 9.04. The normalized spacial score (nSPS) is 13.9. The first-order valence-electron chi connectivity index (χ1n) is 9.81. The molecule has 1 aromatic heterocycles. The molecule has 3 amide bonds. The SMILES string of the molecule is CCc1cccc(C)c1NC(=O)c1cc(C(=O)N2CCN(C(C)=O)CC2)ccn1. The topological polar surface area (TPSA) is 82.6 Å². The van der Waals surface area contributed by atoms with Crippen LogP contribution in [-0.2, 0) is 11.2 Å². The van der Waals surface area contributed by atoms with Crippen molar-refractivity contribution in [2.45, 2.75) is 27.2 Å². The van der Waals surface area contributed by atoms with E-state index < -0.39 is 0 Å². The minimum atomic E-state index is -0.343. The van der Waals surface area contributed by atoms with Gasteiger partial charge in [-0.2, -0.15) is 0 Å². The molecule has 2 heterocycles. The summed E-state index contributed by atoms with van der Waals surface area (Å²) in [6.07, 6.45) is 2.28. The number of anilines is 1. The highest BCUT2D eigenvalue weighted by Crippen LogP contribution is 2.22. The number of rotatable bonds is 4. The smallest absolute Gasteiger partial charge is 0.274 e. The predicted octanol–water partition coefficient (Wildman–Crippen LogP) is 2.51. The summed E-state index contributed by atoms with van der Waals surface area (Å²) in [4.78, 5) is 44.6. The minimum Gasteiger partial charge on any atom is -0.339 e. The highest BCUT2D eigenvalue weighted by atomic mass is 16.2. The van der Waals surface area contributed by atoms with Crippen molar-refractivity contribution in [3.05, 3.63) is 58.9 Å². The third-order valence-electron chi connectivity index (χ3n) is 5.23. The number of pyridine rings is 1. The van der Waals surface area contributed by atoms with E-state index in [2.05, 4.69) is 10.3 Å². The number of benzene rings is 1. The molecule has 7 nitrogen and oxygen atoms in total. The Labute approximate surface area is 170 Å². The average Bonchev–Trinajstić information content (AvgIpc) is 2.74. The summed E-state index contributed by atoms with van der Waals surface area (Å²) in [5, 5.41) is 2.94. The molecule has 0 spiro atoms. The van der Waals surface area contributed by atoms with Crippen LogP contribution >= 0.6 is 0 Å². The first-order valence-corrected chi connectivity index (χ1v) is 9.81. The molecule has 1 aliphatic heterocycles. The molecule has 0 unspecified atom stereocenters. The van der Waals surface area contributed by atoms with Crippen LogP contribution in [0.1, 0.15) is 45.8 Å². The number of hydrogen-bond acceptors (Lipinski definition) is 4. The van der Waals surface area contributed by atoms with E-state index in [9.17, 15) is 14.4 Å². The van der Waals surface area contributed by atoms with Crippen molar-refractivity contribution in [1.82, 2.24) is 14.8 Å². The number of amides is 3. The van der Waals surface area contributed by atoms with Gasteiger partial charge in [0.15, 0.2) is 0 Å². The molecule has 1 saturated heterocycles. The largest absolute Gasteiger partial charge is 0.339 e. The summed E-state index contributed by atoms with van der Waals surface area (Å²) >= 11 is 0. The third-order valence-corrected chi connectivity index (χ3v) is 5.23. The molecule has 152 valence electrons. The molecule has 1 fully saturated rings. The number of aryl methyl sites for hydroxylation is 2. The quantitative estimate of drug-likeness (QED) is 0.864. The number of carbonyl (C=O) groups is 3. The molecule has 29 heavy (non-hydrogen) atoms. The molecule has 2 aromatic rings. The van der Waals surface area contributed by atoms with Gasteiger partial charge in [0.1, 0.15) is 5.69 Å². The minimum absolute atomic E-state index is 0.0163. The van der Waals surface area contributed by atoms with Gasteiger partial charge in [0, 0.05) is 50.6 Å². The zero-order valence-electron chi connectivity index (χ0n) is 17.1. The van der Waals surface area contributed by atoms with Gasteiger partial charge in [-0.3, -0.25) is 19.4 Å². The van der Waals surface area contributed by atoms with E-state index >= 15 is 0 Å². The van der Waals surface area contributed by atoms with Gasteiger partial charge in [-0.1, -0.05) is 25.1 Å². The van der Waals surface area contributed by atoms with Gasteiger partial charge >= 0.3 is 0 Å². The standard InChI is InChI=1S/C22H26N4O3/c1-4-17-7-5-6-15(2)20(17)24-21(28)19-14-18(8-9-23-19)22(29)26-12-10-25(11-13-26)16(3)27/h5-9,14H,4,10-13H2,1-3H3,(H,24,28). The number of carbonyl (C=O) groups excluding carboxylic acids is 3. The van der Waals surface area contributed by atoms with Crippen LogP contribution in [0.15, 0.2) is 36.5 Å². The van der Waals surface area contributed by atoms with Crippen LogP contribution in [0.5, 0.6) is 0 Å². The van der Waals surface area contributed by atoms with E-state index in [4.69, 9.17) is 0 Å². The van der Waals surface area contributed by atoms with Gasteiger partial charge < -0.3 is 15.1 Å². The highest BCUT2D eigenvalue weighted by molar-refractivity contribution is 6.05. The number of piperazine rings is 1. The van der Waals surface area contributed by atoms with Gasteiger partial charge in [-0.25, -0.2) is 0 Å². The summed E-state index contributed by atoms with van der Waals surface area (Å²) in [7, 11) is 0. The van der Waals surface area contributed by atoms with Crippen molar-refractivity contribution in [3.63, 3.8) is 0 Å². The van der Waals surface area contributed by atoms with Crippen molar-refractivity contribution < 1.29 is 14.4 Å². The van der Waals surface area contributed by atoms with Crippen molar-refractivity contribution in [2.75, 3.05) is 31.5 Å². The lowest BCUT2D eigenvalue weighted by Crippen LogP contribution is -2.50. The molecular formula is C22H26N4O3. The Morgan fingerprint density at radius 1 is 1.07 bits per heavy atom. The van der Waals surface area contributed by atoms with E-state index in [0.717, 1.165) is 23.2 Å². The molecule has 3 rings (SSSR count). The third kappa shape index (κ3) is 4.62. The summed E-state index contributed by atoms with van der Waals surface area (Å²) in [5.74, 6) is -0.484. The van der Waals surface area contributed by atoms with Crippen molar-refractivity contribution in [1.29, 1.82) is 0 Å². The van der Waals surface area contributed by atoms with Crippen molar-refractivity contribution in [3.8, 4) is 0 Å². The second-order valence-electron chi connectivity index (χ2n) is 7.14. The van der Waals surface area contributed by atoms with E-state index in [1.54, 1.807) is 15.9 Å². The van der Waals surface area contributed by atoms with E-state index in [0.29, 0.717) is 31.7 Å². The molecule has 0 bridgehead atoms. The Bertz CT molecular complexity index is 933. The van der Waals surface area contributed by atoms with Crippen LogP contribution < -0.4 is 5.32 Å². The fourth-order valence-electron chi connectivity index (χ4n) is 3.47. The second kappa shape index (κ2) is 8.86. The highest BCUT2D eigenvalue weighted by Gasteiger charge is 2.24. The zero-order chi connectivity index (χ0) is 21.0. The Hall–Kier alpha value is -3.22. The Balaban J connectivity index is 1.73. The van der Waals surface area contributed by atoms with Gasteiger partial charge in [0.2, 0.25) is 5.91 Å². The maximum atomic E-state index is 12.8. The number of para-hydroxylation sites is 1. The van der Waals surface area contributed by atoms with Crippen LogP contribution in [0, 0.1) is 6.92 Å². The Kier molecular flexibility index (Phi) is 6.26. The Morgan fingerprint density at radius 3 is 2.41 bits per heavy atom. The molecule has 1 N–H and O–H groups in total. The van der Waals surface area contributed by atoms with Crippen LogP contribution in [0.25, 0.3) is 0 Å². The number of aromatic nitrogens is 1. The monoisotopic (exact) mass is 394 g/mol. The van der Waals surface area contributed by atoms with Crippen LogP contribution in [0.4, 0.5) is 5.69 Å². The molecular weight excluding hydrogens is 368 g/mol. The van der Waals surface area contributed by atoms with E-state index in [1.807, 2.05) is 32.0 Å². The van der Waals surface area contributed by atoms with Crippen molar-refractivity contribution >= 4 is 23.4 Å². The lowest BCUT2D eigenvalue weighted by molar-refractivity contribution is -0.130. The molecule has 0 atom stereocenters. The van der Waals surface area contributed by atoms with Gasteiger partial charge in [-0.05, 0) is 36.6 Å². The summed E-state index contributed by atoms with van der Waals surface area (Å²) in [6.45, 7) is 7.51. The summed E-state index contributed by atoms with van der Waals surface area (Å²) in [5.41, 5.74) is 3.44. The maximum Gasteiger partial charge on any atom is 0.274 e.